The van der Waals surface area contributed by atoms with Crippen LogP contribution in [-0.4, -0.2) is 63.9 Å². The summed E-state index contributed by atoms with van der Waals surface area (Å²) in [6, 6.07) is 12.5. The molecular formula is C23H25FN6O. The van der Waals surface area contributed by atoms with Gasteiger partial charge >= 0.3 is 0 Å². The normalized spacial score (nSPS) is 15.5. The molecule has 4 heterocycles. The fraction of sp³-hybridized carbons (Fsp3) is 0.348. The number of likely N-dealkylation sites (tertiary alicyclic amines) is 1. The second-order valence-electron chi connectivity index (χ2n) is 7.83. The summed E-state index contributed by atoms with van der Waals surface area (Å²) in [7, 11) is 1.63. The van der Waals surface area contributed by atoms with E-state index < -0.39 is 0 Å². The molecule has 7 nitrogen and oxygen atoms in total. The Labute approximate surface area is 179 Å². The first kappa shape index (κ1) is 19.7. The van der Waals surface area contributed by atoms with Gasteiger partial charge in [-0.2, -0.15) is 4.98 Å². The maximum Gasteiger partial charge on any atom is 0.244 e. The van der Waals surface area contributed by atoms with Gasteiger partial charge < -0.3 is 15.0 Å². The molecule has 8 heteroatoms. The van der Waals surface area contributed by atoms with E-state index in [9.17, 15) is 4.39 Å². The van der Waals surface area contributed by atoms with Gasteiger partial charge in [-0.05, 0) is 42.7 Å². The molecule has 1 aliphatic heterocycles. The molecule has 0 atom stereocenters. The van der Waals surface area contributed by atoms with Gasteiger partial charge in [-0.25, -0.2) is 8.91 Å². The molecule has 1 N–H and O–H groups in total. The lowest BCUT2D eigenvalue weighted by Gasteiger charge is -2.31. The second-order valence-corrected chi connectivity index (χ2v) is 7.83. The average Bonchev–Trinajstić information content (AvgIpc) is 3.24. The monoisotopic (exact) mass is 420 g/mol. The lowest BCUT2D eigenvalue weighted by Crippen LogP contribution is -2.40. The molecule has 31 heavy (non-hydrogen) atoms. The largest absolute Gasteiger partial charge is 0.479 e. The van der Waals surface area contributed by atoms with Gasteiger partial charge in [-0.1, -0.05) is 12.1 Å². The van der Waals surface area contributed by atoms with Gasteiger partial charge in [0.2, 0.25) is 11.8 Å². The van der Waals surface area contributed by atoms with Crippen molar-refractivity contribution < 1.29 is 9.13 Å². The van der Waals surface area contributed by atoms with Gasteiger partial charge in [-0.3, -0.25) is 4.98 Å². The number of hydrogen-bond donors (Lipinski definition) is 1. The van der Waals surface area contributed by atoms with E-state index in [1.54, 1.807) is 13.3 Å². The van der Waals surface area contributed by atoms with Crippen molar-refractivity contribution in [3.05, 3.63) is 48.8 Å². The number of ether oxygens (including phenoxy) is 1. The predicted octanol–water partition coefficient (Wildman–Crippen LogP) is 3.80. The first-order chi connectivity index (χ1) is 15.2. The van der Waals surface area contributed by atoms with Gasteiger partial charge in [0, 0.05) is 49.0 Å². The van der Waals surface area contributed by atoms with E-state index in [1.165, 1.54) is 0 Å². The quantitative estimate of drug-likeness (QED) is 0.512. The van der Waals surface area contributed by atoms with Gasteiger partial charge in [0.05, 0.1) is 12.6 Å². The highest BCUT2D eigenvalue weighted by atomic mass is 19.1. The summed E-state index contributed by atoms with van der Waals surface area (Å²) >= 11 is 0. The summed E-state index contributed by atoms with van der Waals surface area (Å²) in [5, 5.41) is 9.18. The fourth-order valence-electron chi connectivity index (χ4n) is 4.27. The summed E-state index contributed by atoms with van der Waals surface area (Å²) in [5.41, 5.74) is 3.86. The Bertz CT molecular complexity index is 1200. The Hall–Kier alpha value is -3.26. The molecular weight excluding hydrogens is 395 g/mol. The van der Waals surface area contributed by atoms with Gasteiger partial charge in [0.15, 0.2) is 0 Å². The van der Waals surface area contributed by atoms with Crippen LogP contribution in [0, 0.1) is 0 Å². The Balaban J connectivity index is 1.44. The molecule has 5 rings (SSSR count). The van der Waals surface area contributed by atoms with Crippen LogP contribution >= 0.6 is 0 Å². The Kier molecular flexibility index (Phi) is 5.38. The highest BCUT2D eigenvalue weighted by molar-refractivity contribution is 5.90. The van der Waals surface area contributed by atoms with Crippen LogP contribution in [0.3, 0.4) is 0 Å². The smallest absolute Gasteiger partial charge is 0.244 e. The van der Waals surface area contributed by atoms with Crippen LogP contribution in [0.15, 0.2) is 48.8 Å². The average molecular weight is 420 g/mol. The number of nitrogens with one attached hydrogen (secondary N) is 1. The minimum atomic E-state index is -0.293. The molecule has 0 unspecified atom stereocenters. The fourth-order valence-corrected chi connectivity index (χ4v) is 4.27. The van der Waals surface area contributed by atoms with Crippen LogP contribution < -0.4 is 10.1 Å². The van der Waals surface area contributed by atoms with Crippen LogP contribution in [0.4, 0.5) is 10.3 Å². The number of hydrogen-bond acceptors (Lipinski definition) is 6. The van der Waals surface area contributed by atoms with Crippen molar-refractivity contribution in [3.63, 3.8) is 0 Å². The minimum Gasteiger partial charge on any atom is -0.479 e. The van der Waals surface area contributed by atoms with Crippen molar-refractivity contribution in [3.8, 4) is 17.0 Å². The topological polar surface area (TPSA) is 67.6 Å². The zero-order chi connectivity index (χ0) is 21.2. The summed E-state index contributed by atoms with van der Waals surface area (Å²) < 4.78 is 20.0. The number of nitrogens with zero attached hydrogens (tertiary/aromatic N) is 5. The molecule has 1 aromatic carbocycles. The lowest BCUT2D eigenvalue weighted by atomic mass is 10.0. The number of piperidine rings is 1. The number of anilines is 1. The maximum atomic E-state index is 12.6. The summed E-state index contributed by atoms with van der Waals surface area (Å²) in [6.45, 7) is 1.98. The molecule has 160 valence electrons. The van der Waals surface area contributed by atoms with Crippen LogP contribution in [-0.2, 0) is 0 Å². The van der Waals surface area contributed by atoms with Crippen LogP contribution in [0.2, 0.25) is 0 Å². The van der Waals surface area contributed by atoms with E-state index in [1.807, 2.05) is 28.9 Å². The van der Waals surface area contributed by atoms with Gasteiger partial charge in [0.25, 0.3) is 0 Å². The predicted molar refractivity (Wildman–Crippen MR) is 119 cm³/mol. The number of pyridine rings is 1. The van der Waals surface area contributed by atoms with Crippen molar-refractivity contribution >= 4 is 22.4 Å². The van der Waals surface area contributed by atoms with E-state index in [-0.39, 0.29) is 12.7 Å². The number of halogens is 1. The van der Waals surface area contributed by atoms with Gasteiger partial charge in [0.1, 0.15) is 12.2 Å². The van der Waals surface area contributed by atoms with Crippen molar-refractivity contribution in [1.82, 2.24) is 24.5 Å². The second kappa shape index (κ2) is 8.47. The molecule has 4 aromatic rings. The highest BCUT2D eigenvalue weighted by Gasteiger charge is 2.21. The molecule has 1 aliphatic rings. The summed E-state index contributed by atoms with van der Waals surface area (Å²) in [5.74, 6) is 1.07. The summed E-state index contributed by atoms with van der Waals surface area (Å²) in [6.07, 6.45) is 5.60. The SMILES string of the molecule is COc1nc(NC2CCN(CCF)CC2)nn2ccc(-c3ccc4ncccc4c3)c12. The third-order valence-corrected chi connectivity index (χ3v) is 5.91. The molecule has 0 spiro atoms. The summed E-state index contributed by atoms with van der Waals surface area (Å²) in [4.78, 5) is 11.2. The van der Waals surface area contributed by atoms with E-state index in [2.05, 4.69) is 43.5 Å². The first-order valence-corrected chi connectivity index (χ1v) is 10.6. The zero-order valence-electron chi connectivity index (χ0n) is 17.5. The lowest BCUT2D eigenvalue weighted by molar-refractivity contribution is 0.202. The number of alkyl halides is 1. The van der Waals surface area contributed by atoms with E-state index in [0.717, 1.165) is 53.5 Å². The third kappa shape index (κ3) is 3.90. The molecule has 0 aliphatic carbocycles. The minimum absolute atomic E-state index is 0.265. The molecule has 3 aromatic heterocycles. The molecule has 1 saturated heterocycles. The number of methoxy groups -OCH3 is 1. The molecule has 0 amide bonds. The van der Waals surface area contributed by atoms with E-state index in [4.69, 9.17) is 4.74 Å². The van der Waals surface area contributed by atoms with Crippen LogP contribution in [0.5, 0.6) is 5.88 Å². The Morgan fingerprint density at radius 3 is 2.87 bits per heavy atom. The number of aromatic nitrogens is 4. The third-order valence-electron chi connectivity index (χ3n) is 5.91. The highest BCUT2D eigenvalue weighted by Crippen LogP contribution is 2.33. The maximum absolute atomic E-state index is 12.6. The standard InChI is InChI=1S/C23H25FN6O/c1-31-22-21-19(16-4-5-20-17(15-16)3-2-10-25-20)8-13-30(21)28-23(27-22)26-18-6-11-29(12-7-18)14-9-24/h2-5,8,10,13,15,18H,6-7,9,11-12,14H2,1H3,(H,26,28). The van der Waals surface area contributed by atoms with Crippen molar-refractivity contribution in [2.45, 2.75) is 18.9 Å². The zero-order valence-corrected chi connectivity index (χ0v) is 17.5. The number of benzene rings is 1. The molecule has 0 bridgehead atoms. The van der Waals surface area contributed by atoms with Crippen LogP contribution in [0.25, 0.3) is 27.5 Å². The number of rotatable bonds is 6. The first-order valence-electron chi connectivity index (χ1n) is 10.6. The molecule has 1 fully saturated rings. The van der Waals surface area contributed by atoms with E-state index in [0.29, 0.717) is 18.4 Å². The van der Waals surface area contributed by atoms with E-state index >= 15 is 0 Å². The van der Waals surface area contributed by atoms with Crippen LogP contribution in [0.1, 0.15) is 12.8 Å². The van der Waals surface area contributed by atoms with Crippen molar-refractivity contribution in [2.75, 3.05) is 38.7 Å². The Morgan fingerprint density at radius 1 is 1.19 bits per heavy atom. The van der Waals surface area contributed by atoms with Crippen molar-refractivity contribution in [1.29, 1.82) is 0 Å². The number of fused-ring (bicyclic) bond motifs is 2. The van der Waals surface area contributed by atoms with Crippen molar-refractivity contribution in [2.24, 2.45) is 0 Å². The molecule has 0 saturated carbocycles. The molecule has 0 radical (unpaired) electrons. The van der Waals surface area contributed by atoms with Gasteiger partial charge in [-0.15, -0.1) is 5.10 Å². The Morgan fingerprint density at radius 2 is 2.06 bits per heavy atom.